The molecule has 0 aromatic carbocycles. The summed E-state index contributed by atoms with van der Waals surface area (Å²) < 4.78 is 15.2. The normalized spacial score (nSPS) is 17.5. The van der Waals surface area contributed by atoms with E-state index in [1.54, 1.807) is 6.07 Å². The van der Waals surface area contributed by atoms with Crippen LogP contribution in [-0.2, 0) is 19.9 Å². The molecule has 4 rings (SSSR count). The van der Waals surface area contributed by atoms with E-state index in [0.717, 1.165) is 30.5 Å². The predicted molar refractivity (Wildman–Crippen MR) is 92.2 cm³/mol. The van der Waals surface area contributed by atoms with E-state index in [4.69, 9.17) is 0 Å². The van der Waals surface area contributed by atoms with E-state index in [9.17, 15) is 9.18 Å². The molecule has 2 aliphatic rings. The first-order valence-electron chi connectivity index (χ1n) is 8.84. The Kier molecular flexibility index (Phi) is 4.15. The zero-order valence-corrected chi connectivity index (χ0v) is 14.4. The molecule has 132 valence electrons. The zero-order chi connectivity index (χ0) is 17.4. The fourth-order valence-electron chi connectivity index (χ4n) is 3.85. The van der Waals surface area contributed by atoms with Crippen LogP contribution in [0.1, 0.15) is 34.6 Å². The summed E-state index contributed by atoms with van der Waals surface area (Å²) in [6.07, 6.45) is 5.72. The summed E-state index contributed by atoms with van der Waals surface area (Å²) in [4.78, 5) is 20.5. The highest BCUT2D eigenvalue weighted by molar-refractivity contribution is 5.94. The maximum Gasteiger partial charge on any atom is 0.274 e. The van der Waals surface area contributed by atoms with Gasteiger partial charge in [0.05, 0.1) is 0 Å². The molecule has 1 amide bonds. The number of rotatable bonds is 2. The van der Waals surface area contributed by atoms with Crippen molar-refractivity contribution >= 4 is 11.6 Å². The first-order valence-corrected chi connectivity index (χ1v) is 8.84. The van der Waals surface area contributed by atoms with Gasteiger partial charge in [0.15, 0.2) is 5.69 Å². The molecule has 25 heavy (non-hydrogen) atoms. The number of pyridine rings is 1. The molecule has 0 radical (unpaired) electrons. The van der Waals surface area contributed by atoms with E-state index >= 15 is 0 Å². The fraction of sp³-hybridized carbons (Fsp3) is 0.500. The number of amides is 1. The molecule has 1 aliphatic heterocycles. The zero-order valence-electron chi connectivity index (χ0n) is 14.4. The molecule has 0 unspecified atom stereocenters. The number of halogens is 1. The summed E-state index contributed by atoms with van der Waals surface area (Å²) in [7, 11) is 1.93. The van der Waals surface area contributed by atoms with E-state index in [0.29, 0.717) is 31.9 Å². The quantitative estimate of drug-likeness (QED) is 0.780. The van der Waals surface area contributed by atoms with Gasteiger partial charge in [-0.1, -0.05) is 0 Å². The predicted octanol–water partition coefficient (Wildman–Crippen LogP) is 1.80. The second kappa shape index (κ2) is 6.46. The standard InChI is InChI=1S/C18H22FN5O/c1-22-15-5-3-2-4-14(15)17(21-22)18(25)24-10-8-23(9-11-24)13-6-7-20-16(19)12-13/h6-7,12H,2-5,8-11H2,1H3. The highest BCUT2D eigenvalue weighted by atomic mass is 19.1. The van der Waals surface area contributed by atoms with Crippen molar-refractivity contribution in [2.45, 2.75) is 25.7 Å². The third-order valence-electron chi connectivity index (χ3n) is 5.21. The van der Waals surface area contributed by atoms with E-state index in [-0.39, 0.29) is 5.91 Å². The lowest BCUT2D eigenvalue weighted by Gasteiger charge is -2.35. The molecule has 2 aromatic heterocycles. The highest BCUT2D eigenvalue weighted by Crippen LogP contribution is 2.25. The Bertz CT molecular complexity index is 795. The van der Waals surface area contributed by atoms with Crippen molar-refractivity contribution < 1.29 is 9.18 Å². The Morgan fingerprint density at radius 1 is 1.16 bits per heavy atom. The average Bonchev–Trinajstić information content (AvgIpc) is 2.98. The van der Waals surface area contributed by atoms with Gasteiger partial charge in [0.25, 0.3) is 5.91 Å². The van der Waals surface area contributed by atoms with Crippen molar-refractivity contribution in [3.8, 4) is 0 Å². The number of aryl methyl sites for hydroxylation is 1. The van der Waals surface area contributed by atoms with Crippen molar-refractivity contribution in [3.63, 3.8) is 0 Å². The van der Waals surface area contributed by atoms with Crippen molar-refractivity contribution in [1.82, 2.24) is 19.7 Å². The van der Waals surface area contributed by atoms with Crippen molar-refractivity contribution in [2.75, 3.05) is 31.1 Å². The van der Waals surface area contributed by atoms with Crippen LogP contribution in [-0.4, -0.2) is 51.8 Å². The Morgan fingerprint density at radius 3 is 2.68 bits per heavy atom. The van der Waals surface area contributed by atoms with E-state index in [1.807, 2.05) is 16.6 Å². The summed E-state index contributed by atoms with van der Waals surface area (Å²) in [5.41, 5.74) is 3.79. The second-order valence-electron chi connectivity index (χ2n) is 6.72. The molecular formula is C18H22FN5O. The lowest BCUT2D eigenvalue weighted by Crippen LogP contribution is -2.49. The Balaban J connectivity index is 1.47. The number of piperazine rings is 1. The first-order chi connectivity index (χ1) is 12.1. The van der Waals surface area contributed by atoms with Crippen LogP contribution in [0, 0.1) is 5.95 Å². The van der Waals surface area contributed by atoms with Gasteiger partial charge < -0.3 is 9.80 Å². The third kappa shape index (κ3) is 2.99. The molecule has 1 fully saturated rings. The minimum absolute atomic E-state index is 0.0271. The molecule has 0 N–H and O–H groups in total. The monoisotopic (exact) mass is 343 g/mol. The summed E-state index contributed by atoms with van der Waals surface area (Å²) in [5.74, 6) is -0.449. The largest absolute Gasteiger partial charge is 0.368 e. The third-order valence-corrected chi connectivity index (χ3v) is 5.21. The number of fused-ring (bicyclic) bond motifs is 1. The minimum Gasteiger partial charge on any atom is -0.368 e. The number of hydrogen-bond donors (Lipinski definition) is 0. The summed E-state index contributed by atoms with van der Waals surface area (Å²) in [6, 6.07) is 3.24. The van der Waals surface area contributed by atoms with Crippen LogP contribution in [0.4, 0.5) is 10.1 Å². The van der Waals surface area contributed by atoms with Crippen molar-refractivity contribution in [3.05, 3.63) is 41.2 Å². The number of nitrogens with zero attached hydrogens (tertiary/aromatic N) is 5. The maximum atomic E-state index is 13.3. The van der Waals surface area contributed by atoms with Gasteiger partial charge in [0.2, 0.25) is 5.95 Å². The molecule has 1 aliphatic carbocycles. The molecule has 3 heterocycles. The van der Waals surface area contributed by atoms with Gasteiger partial charge in [-0.2, -0.15) is 9.49 Å². The smallest absolute Gasteiger partial charge is 0.274 e. The summed E-state index contributed by atoms with van der Waals surface area (Å²) in [5, 5.41) is 4.51. The van der Waals surface area contributed by atoms with Crippen LogP contribution in [0.3, 0.4) is 0 Å². The van der Waals surface area contributed by atoms with Crippen LogP contribution < -0.4 is 4.90 Å². The maximum absolute atomic E-state index is 13.3. The van der Waals surface area contributed by atoms with E-state index in [1.165, 1.54) is 24.4 Å². The van der Waals surface area contributed by atoms with Crippen molar-refractivity contribution in [1.29, 1.82) is 0 Å². The van der Waals surface area contributed by atoms with Crippen LogP contribution in [0.2, 0.25) is 0 Å². The van der Waals surface area contributed by atoms with Crippen molar-refractivity contribution in [2.24, 2.45) is 7.05 Å². The van der Waals surface area contributed by atoms with Gasteiger partial charge in [-0.25, -0.2) is 4.98 Å². The molecule has 0 atom stereocenters. The number of carbonyl (C=O) groups is 1. The molecular weight excluding hydrogens is 321 g/mol. The lowest BCUT2D eigenvalue weighted by atomic mass is 9.95. The van der Waals surface area contributed by atoms with Crippen LogP contribution in [0.5, 0.6) is 0 Å². The molecule has 0 spiro atoms. The number of aromatic nitrogens is 3. The molecule has 2 aromatic rings. The summed E-state index contributed by atoms with van der Waals surface area (Å²) in [6.45, 7) is 2.61. The molecule has 0 bridgehead atoms. The number of anilines is 1. The molecule has 6 nitrogen and oxygen atoms in total. The van der Waals surface area contributed by atoms with Crippen LogP contribution >= 0.6 is 0 Å². The van der Waals surface area contributed by atoms with Gasteiger partial charge in [-0.15, -0.1) is 0 Å². The van der Waals surface area contributed by atoms with Gasteiger partial charge in [0.1, 0.15) is 0 Å². The fourth-order valence-corrected chi connectivity index (χ4v) is 3.85. The van der Waals surface area contributed by atoms with Gasteiger partial charge in [0, 0.05) is 62.4 Å². The second-order valence-corrected chi connectivity index (χ2v) is 6.72. The van der Waals surface area contributed by atoms with Gasteiger partial charge in [-0.3, -0.25) is 9.48 Å². The van der Waals surface area contributed by atoms with Gasteiger partial charge >= 0.3 is 0 Å². The Morgan fingerprint density at radius 2 is 1.92 bits per heavy atom. The van der Waals surface area contributed by atoms with Crippen LogP contribution in [0.25, 0.3) is 0 Å². The molecule has 1 saturated heterocycles. The molecule has 7 heteroatoms. The van der Waals surface area contributed by atoms with E-state index < -0.39 is 5.95 Å². The Hall–Kier alpha value is -2.44. The summed E-state index contributed by atoms with van der Waals surface area (Å²) >= 11 is 0. The Labute approximate surface area is 146 Å². The average molecular weight is 343 g/mol. The topological polar surface area (TPSA) is 54.3 Å². The lowest BCUT2D eigenvalue weighted by molar-refractivity contribution is 0.0739. The first kappa shape index (κ1) is 16.1. The number of carbonyl (C=O) groups excluding carboxylic acids is 1. The van der Waals surface area contributed by atoms with E-state index in [2.05, 4.69) is 15.0 Å². The van der Waals surface area contributed by atoms with Crippen LogP contribution in [0.15, 0.2) is 18.3 Å². The van der Waals surface area contributed by atoms with Gasteiger partial charge in [-0.05, 0) is 31.7 Å². The highest BCUT2D eigenvalue weighted by Gasteiger charge is 2.29. The SMILES string of the molecule is Cn1nc(C(=O)N2CCN(c3ccnc(F)c3)CC2)c2c1CCCC2. The number of hydrogen-bond acceptors (Lipinski definition) is 4. The molecule has 0 saturated carbocycles. The minimum atomic E-state index is -0.476.